The summed E-state index contributed by atoms with van der Waals surface area (Å²) in [6.07, 6.45) is 4.89. The average molecular weight is 339 g/mol. The number of benzene rings is 2. The smallest absolute Gasteiger partial charge is 0.229 e. The first kappa shape index (κ1) is 19.0. The lowest BCUT2D eigenvalue weighted by atomic mass is 10.0. The van der Waals surface area contributed by atoms with E-state index in [0.717, 1.165) is 44.3 Å². The van der Waals surface area contributed by atoms with Gasteiger partial charge in [-0.15, -0.1) is 0 Å². The molecule has 0 radical (unpaired) electrons. The molecule has 0 aromatic heterocycles. The van der Waals surface area contributed by atoms with E-state index in [4.69, 9.17) is 0 Å². The molecule has 0 fully saturated rings. The average Bonchev–Trinajstić information content (AvgIpc) is 2.63. The van der Waals surface area contributed by atoms with Crippen molar-refractivity contribution in [2.75, 3.05) is 11.4 Å². The Morgan fingerprint density at radius 2 is 1.72 bits per heavy atom. The number of phenolic OH excluding ortho intramolecular Hbond substituents is 1. The molecule has 1 amide bonds. The maximum Gasteiger partial charge on any atom is 0.229 e. The highest BCUT2D eigenvalue weighted by Gasteiger charge is 2.20. The second kappa shape index (κ2) is 9.87. The lowest BCUT2D eigenvalue weighted by Gasteiger charge is -2.26. The summed E-state index contributed by atoms with van der Waals surface area (Å²) in [6, 6.07) is 17.3. The second-order valence-electron chi connectivity index (χ2n) is 6.64. The number of hydrogen-bond donors (Lipinski definition) is 1. The molecule has 2 aromatic carbocycles. The summed E-state index contributed by atoms with van der Waals surface area (Å²) in [5.41, 5.74) is 2.20. The van der Waals surface area contributed by atoms with Crippen molar-refractivity contribution in [1.29, 1.82) is 0 Å². The van der Waals surface area contributed by atoms with E-state index in [1.54, 1.807) is 12.1 Å². The van der Waals surface area contributed by atoms with Crippen molar-refractivity contribution in [3.8, 4) is 5.75 Å². The molecule has 2 rings (SSSR count). The van der Waals surface area contributed by atoms with Gasteiger partial charge in [0.15, 0.2) is 0 Å². The van der Waals surface area contributed by atoms with Crippen LogP contribution >= 0.6 is 0 Å². The van der Waals surface area contributed by atoms with Crippen molar-refractivity contribution in [2.45, 2.75) is 46.0 Å². The van der Waals surface area contributed by atoms with Crippen LogP contribution in [0.4, 0.5) is 5.69 Å². The zero-order chi connectivity index (χ0) is 18.1. The molecule has 1 N–H and O–H groups in total. The molecule has 25 heavy (non-hydrogen) atoms. The Kier molecular flexibility index (Phi) is 7.52. The van der Waals surface area contributed by atoms with E-state index in [2.05, 4.69) is 6.92 Å². The SMILES string of the molecule is CCCC(C)C(=O)N(CCCCc1ccc(O)cc1)c1ccccc1. The normalized spacial score (nSPS) is 11.9. The van der Waals surface area contributed by atoms with Gasteiger partial charge in [0.2, 0.25) is 5.91 Å². The number of para-hydroxylation sites is 1. The van der Waals surface area contributed by atoms with Crippen LogP contribution in [0.15, 0.2) is 54.6 Å². The molecule has 0 saturated heterocycles. The maximum absolute atomic E-state index is 12.8. The molecule has 1 atom stereocenters. The number of aromatic hydroxyl groups is 1. The van der Waals surface area contributed by atoms with E-state index in [1.807, 2.05) is 54.3 Å². The molecule has 3 nitrogen and oxygen atoms in total. The van der Waals surface area contributed by atoms with Crippen LogP contribution in [-0.2, 0) is 11.2 Å². The number of aryl methyl sites for hydroxylation is 1. The van der Waals surface area contributed by atoms with Gasteiger partial charge in [0, 0.05) is 18.2 Å². The summed E-state index contributed by atoms with van der Waals surface area (Å²) >= 11 is 0. The minimum atomic E-state index is 0.0577. The molecule has 0 aliphatic heterocycles. The molecule has 0 aliphatic rings. The quantitative estimate of drug-likeness (QED) is 0.639. The highest BCUT2D eigenvalue weighted by molar-refractivity contribution is 5.94. The summed E-state index contributed by atoms with van der Waals surface area (Å²) in [6.45, 7) is 4.89. The fraction of sp³-hybridized carbons (Fsp3) is 0.409. The van der Waals surface area contributed by atoms with E-state index in [9.17, 15) is 9.90 Å². The minimum absolute atomic E-state index is 0.0577. The van der Waals surface area contributed by atoms with Crippen LogP contribution in [0.25, 0.3) is 0 Å². The first-order valence-corrected chi connectivity index (χ1v) is 9.26. The van der Waals surface area contributed by atoms with Gasteiger partial charge in [-0.2, -0.15) is 0 Å². The van der Waals surface area contributed by atoms with Gasteiger partial charge in [0.05, 0.1) is 0 Å². The fourth-order valence-corrected chi connectivity index (χ4v) is 3.06. The van der Waals surface area contributed by atoms with Gasteiger partial charge in [-0.3, -0.25) is 4.79 Å². The van der Waals surface area contributed by atoms with Crippen molar-refractivity contribution >= 4 is 11.6 Å². The topological polar surface area (TPSA) is 40.5 Å². The Bertz CT molecular complexity index is 637. The van der Waals surface area contributed by atoms with Crippen LogP contribution in [0.1, 0.15) is 45.1 Å². The molecule has 0 spiro atoms. The van der Waals surface area contributed by atoms with Crippen molar-refractivity contribution in [2.24, 2.45) is 5.92 Å². The highest BCUT2D eigenvalue weighted by atomic mass is 16.3. The number of rotatable bonds is 9. The molecule has 0 bridgehead atoms. The van der Waals surface area contributed by atoms with Gasteiger partial charge >= 0.3 is 0 Å². The van der Waals surface area contributed by atoms with Crippen LogP contribution in [0.2, 0.25) is 0 Å². The maximum atomic E-state index is 12.8. The predicted molar refractivity (Wildman–Crippen MR) is 104 cm³/mol. The Hall–Kier alpha value is -2.29. The number of anilines is 1. The zero-order valence-electron chi connectivity index (χ0n) is 15.3. The van der Waals surface area contributed by atoms with Crippen molar-refractivity contribution < 1.29 is 9.90 Å². The predicted octanol–water partition coefficient (Wildman–Crippen LogP) is 5.18. The van der Waals surface area contributed by atoms with Crippen LogP contribution < -0.4 is 4.90 Å². The number of carbonyl (C=O) groups is 1. The van der Waals surface area contributed by atoms with E-state index in [1.165, 1.54) is 5.56 Å². The Balaban J connectivity index is 1.94. The second-order valence-corrected chi connectivity index (χ2v) is 6.64. The first-order chi connectivity index (χ1) is 12.1. The standard InChI is InChI=1S/C22H29NO2/c1-3-9-18(2)22(25)23(20-11-5-4-6-12-20)17-8-7-10-19-13-15-21(24)16-14-19/h4-6,11-16,18,24H,3,7-10,17H2,1-2H3. The third-order valence-electron chi connectivity index (χ3n) is 4.51. The van der Waals surface area contributed by atoms with E-state index >= 15 is 0 Å². The molecule has 3 heteroatoms. The van der Waals surface area contributed by atoms with E-state index in [-0.39, 0.29) is 11.8 Å². The Morgan fingerprint density at radius 3 is 2.36 bits per heavy atom. The molecular formula is C22H29NO2. The van der Waals surface area contributed by atoms with E-state index in [0.29, 0.717) is 5.75 Å². The summed E-state index contributed by atoms with van der Waals surface area (Å²) < 4.78 is 0. The monoisotopic (exact) mass is 339 g/mol. The van der Waals surface area contributed by atoms with Gasteiger partial charge in [-0.05, 0) is 55.5 Å². The van der Waals surface area contributed by atoms with Crippen LogP contribution in [-0.4, -0.2) is 17.6 Å². The van der Waals surface area contributed by atoms with Gasteiger partial charge in [-0.1, -0.05) is 50.6 Å². The lowest BCUT2D eigenvalue weighted by Crippen LogP contribution is -2.36. The lowest BCUT2D eigenvalue weighted by molar-refractivity contribution is -0.122. The van der Waals surface area contributed by atoms with Gasteiger partial charge in [0.1, 0.15) is 5.75 Å². The molecule has 0 saturated carbocycles. The molecule has 1 unspecified atom stereocenters. The number of unbranched alkanes of at least 4 members (excludes halogenated alkanes) is 1. The summed E-state index contributed by atoms with van der Waals surface area (Å²) in [4.78, 5) is 14.8. The highest BCUT2D eigenvalue weighted by Crippen LogP contribution is 2.20. The molecule has 134 valence electrons. The third-order valence-corrected chi connectivity index (χ3v) is 4.51. The summed E-state index contributed by atoms with van der Waals surface area (Å²) in [7, 11) is 0. The molecule has 0 heterocycles. The number of hydrogen-bond acceptors (Lipinski definition) is 2. The van der Waals surface area contributed by atoms with Crippen molar-refractivity contribution in [1.82, 2.24) is 0 Å². The van der Waals surface area contributed by atoms with Crippen molar-refractivity contribution in [3.05, 3.63) is 60.2 Å². The molecule has 2 aromatic rings. The van der Waals surface area contributed by atoms with Crippen LogP contribution in [0, 0.1) is 5.92 Å². The van der Waals surface area contributed by atoms with Gasteiger partial charge in [0.25, 0.3) is 0 Å². The first-order valence-electron chi connectivity index (χ1n) is 9.26. The third kappa shape index (κ3) is 5.93. The number of carbonyl (C=O) groups excluding carboxylic acids is 1. The van der Waals surface area contributed by atoms with E-state index < -0.39 is 0 Å². The molecular weight excluding hydrogens is 310 g/mol. The van der Waals surface area contributed by atoms with Crippen LogP contribution in [0.5, 0.6) is 5.75 Å². The number of amides is 1. The van der Waals surface area contributed by atoms with Crippen molar-refractivity contribution in [3.63, 3.8) is 0 Å². The van der Waals surface area contributed by atoms with Gasteiger partial charge < -0.3 is 10.0 Å². The fourth-order valence-electron chi connectivity index (χ4n) is 3.06. The number of phenols is 1. The number of nitrogens with zero attached hydrogens (tertiary/aromatic N) is 1. The molecule has 0 aliphatic carbocycles. The zero-order valence-corrected chi connectivity index (χ0v) is 15.3. The Morgan fingerprint density at radius 1 is 1.04 bits per heavy atom. The Labute approximate surface area is 151 Å². The largest absolute Gasteiger partial charge is 0.508 e. The summed E-state index contributed by atoms with van der Waals surface area (Å²) in [5.74, 6) is 0.578. The van der Waals surface area contributed by atoms with Crippen LogP contribution in [0.3, 0.4) is 0 Å². The minimum Gasteiger partial charge on any atom is -0.508 e. The van der Waals surface area contributed by atoms with Gasteiger partial charge in [-0.25, -0.2) is 0 Å². The summed E-state index contributed by atoms with van der Waals surface area (Å²) in [5, 5.41) is 9.34.